The molecule has 32 heavy (non-hydrogen) atoms. The number of ketones is 1. The van der Waals surface area contributed by atoms with Crippen molar-refractivity contribution in [2.45, 2.75) is 26.7 Å². The number of benzene rings is 1. The average Bonchev–Trinajstić information content (AvgIpc) is 3.18. The number of Topliss-reactive ketones (excluding diaryl/α,β-unsaturated/α-hetero) is 1. The number of thiophene rings is 1. The van der Waals surface area contributed by atoms with E-state index < -0.39 is 0 Å². The molecule has 0 bridgehead atoms. The summed E-state index contributed by atoms with van der Waals surface area (Å²) >= 11 is 1.64. The van der Waals surface area contributed by atoms with Crippen molar-refractivity contribution in [3.05, 3.63) is 58.6 Å². The maximum absolute atomic E-state index is 13.1. The normalized spacial score (nSPS) is 17.7. The fraction of sp³-hybridized carbons (Fsp3) is 0.346. The smallest absolute Gasteiger partial charge is 0.173 e. The summed E-state index contributed by atoms with van der Waals surface area (Å²) in [6, 6.07) is 13.8. The third kappa shape index (κ3) is 3.83. The first-order chi connectivity index (χ1) is 15.4. The summed E-state index contributed by atoms with van der Waals surface area (Å²) in [5.41, 5.74) is 5.85. The summed E-state index contributed by atoms with van der Waals surface area (Å²) in [7, 11) is 0. The first-order valence-corrected chi connectivity index (χ1v) is 11.8. The van der Waals surface area contributed by atoms with E-state index in [9.17, 15) is 4.79 Å². The predicted molar refractivity (Wildman–Crippen MR) is 127 cm³/mol. The molecule has 0 saturated carbocycles. The Hall–Kier alpha value is -3.01. The van der Waals surface area contributed by atoms with Crippen molar-refractivity contribution < 1.29 is 9.53 Å². The number of aromatic nitrogens is 1. The fourth-order valence-corrected chi connectivity index (χ4v) is 5.98. The number of hydrogen-bond acceptors (Lipinski definition) is 6. The number of rotatable bonds is 3. The molecule has 3 heterocycles. The van der Waals surface area contributed by atoms with Crippen LogP contribution in [-0.2, 0) is 11.2 Å². The van der Waals surface area contributed by atoms with Gasteiger partial charge in [-0.1, -0.05) is 26.0 Å². The van der Waals surface area contributed by atoms with Crippen molar-refractivity contribution in [1.82, 2.24) is 4.98 Å². The predicted octanol–water partition coefficient (Wildman–Crippen LogP) is 5.34. The average molecular weight is 444 g/mol. The molecular weight excluding hydrogens is 418 g/mol. The number of carbonyl (C=O) groups is 1. The minimum Gasteiger partial charge on any atom is -0.378 e. The van der Waals surface area contributed by atoms with Gasteiger partial charge in [0, 0.05) is 36.8 Å². The minimum absolute atomic E-state index is 0.0504. The van der Waals surface area contributed by atoms with E-state index in [2.05, 4.69) is 35.9 Å². The van der Waals surface area contributed by atoms with E-state index in [4.69, 9.17) is 10.00 Å². The van der Waals surface area contributed by atoms with E-state index in [0.717, 1.165) is 41.2 Å². The summed E-state index contributed by atoms with van der Waals surface area (Å²) in [5.74, 6) is 0.253. The number of pyridine rings is 1. The van der Waals surface area contributed by atoms with Crippen LogP contribution in [0.5, 0.6) is 0 Å². The Morgan fingerprint density at radius 3 is 2.56 bits per heavy atom. The molecule has 5 rings (SSSR count). The number of fused-ring (bicyclic) bond motifs is 1. The lowest BCUT2D eigenvalue weighted by Gasteiger charge is -2.30. The highest BCUT2D eigenvalue weighted by molar-refractivity contribution is 7.19. The van der Waals surface area contributed by atoms with Crippen LogP contribution in [0.4, 0.5) is 5.00 Å². The number of morpholine rings is 1. The highest BCUT2D eigenvalue weighted by Gasteiger charge is 2.37. The summed E-state index contributed by atoms with van der Waals surface area (Å²) < 4.78 is 5.58. The van der Waals surface area contributed by atoms with Crippen LogP contribution in [0.1, 0.15) is 41.1 Å². The van der Waals surface area contributed by atoms with Crippen LogP contribution < -0.4 is 4.90 Å². The van der Waals surface area contributed by atoms with Crippen molar-refractivity contribution in [2.75, 3.05) is 31.2 Å². The van der Waals surface area contributed by atoms with Crippen LogP contribution >= 0.6 is 11.3 Å². The molecule has 1 aromatic carbocycles. The lowest BCUT2D eigenvalue weighted by atomic mass is 9.75. The van der Waals surface area contributed by atoms with Gasteiger partial charge in [-0.3, -0.25) is 9.78 Å². The van der Waals surface area contributed by atoms with Gasteiger partial charge in [-0.15, -0.1) is 11.3 Å². The number of anilines is 1. The Bertz CT molecular complexity index is 1210. The molecule has 2 aromatic heterocycles. The van der Waals surface area contributed by atoms with Crippen molar-refractivity contribution in [3.63, 3.8) is 0 Å². The molecule has 0 radical (unpaired) electrons. The lowest BCUT2D eigenvalue weighted by Crippen LogP contribution is -2.36. The molecule has 2 aliphatic rings. The quantitative estimate of drug-likeness (QED) is 0.547. The van der Waals surface area contributed by atoms with Gasteiger partial charge in [-0.25, -0.2) is 0 Å². The Balaban J connectivity index is 1.65. The van der Waals surface area contributed by atoms with Crippen LogP contribution in [0.2, 0.25) is 0 Å². The zero-order valence-electron chi connectivity index (χ0n) is 18.4. The van der Waals surface area contributed by atoms with Gasteiger partial charge in [0.1, 0.15) is 0 Å². The summed E-state index contributed by atoms with van der Waals surface area (Å²) in [6.07, 6.45) is 3.32. The molecule has 0 amide bonds. The second-order valence-electron chi connectivity index (χ2n) is 9.25. The van der Waals surface area contributed by atoms with Gasteiger partial charge in [-0.05, 0) is 47.2 Å². The topological polar surface area (TPSA) is 66.2 Å². The molecule has 0 N–H and O–H groups in total. The van der Waals surface area contributed by atoms with Crippen LogP contribution in [-0.4, -0.2) is 37.1 Å². The van der Waals surface area contributed by atoms with E-state index in [1.54, 1.807) is 11.3 Å². The van der Waals surface area contributed by atoms with Crippen LogP contribution in [0.3, 0.4) is 0 Å². The van der Waals surface area contributed by atoms with Gasteiger partial charge in [0.25, 0.3) is 0 Å². The highest BCUT2D eigenvalue weighted by Crippen LogP contribution is 2.49. The van der Waals surface area contributed by atoms with Crippen molar-refractivity contribution in [3.8, 4) is 28.5 Å². The van der Waals surface area contributed by atoms with Crippen LogP contribution in [0, 0.1) is 16.7 Å². The Morgan fingerprint density at radius 2 is 1.84 bits per heavy atom. The van der Waals surface area contributed by atoms with E-state index in [1.165, 1.54) is 16.1 Å². The SMILES string of the molecule is CC1(C)CC(=O)c2sc(N3CCOCC3)c(-c3ccnc(-c4ccc(C#N)cc4)c3)c2C1. The maximum Gasteiger partial charge on any atom is 0.173 e. The lowest BCUT2D eigenvalue weighted by molar-refractivity contribution is 0.0918. The first kappa shape index (κ1) is 20.9. The molecular formula is C26H25N3O2S. The monoisotopic (exact) mass is 443 g/mol. The standard InChI is InChI=1S/C26H25N3O2S/c1-26(2)14-20-23(25(29-9-11-31-12-10-29)32-24(20)22(30)15-26)19-7-8-28-21(13-19)18-5-3-17(16-27)4-6-18/h3-8,13H,9-12,14-15H2,1-2H3. The second kappa shape index (κ2) is 8.16. The molecule has 1 saturated heterocycles. The van der Waals surface area contributed by atoms with Gasteiger partial charge in [0.2, 0.25) is 0 Å². The fourth-order valence-electron chi connectivity index (χ4n) is 4.65. The largest absolute Gasteiger partial charge is 0.378 e. The molecule has 0 atom stereocenters. The Morgan fingerprint density at radius 1 is 1.09 bits per heavy atom. The maximum atomic E-state index is 13.1. The van der Waals surface area contributed by atoms with E-state index in [0.29, 0.717) is 25.2 Å². The van der Waals surface area contributed by atoms with Crippen molar-refractivity contribution in [2.24, 2.45) is 5.41 Å². The first-order valence-electron chi connectivity index (χ1n) is 10.9. The third-order valence-corrected chi connectivity index (χ3v) is 7.53. The van der Waals surface area contributed by atoms with Gasteiger partial charge in [0.05, 0.1) is 40.4 Å². The molecule has 162 valence electrons. The second-order valence-corrected chi connectivity index (χ2v) is 10.2. The van der Waals surface area contributed by atoms with Crippen molar-refractivity contribution in [1.29, 1.82) is 5.26 Å². The summed E-state index contributed by atoms with van der Waals surface area (Å²) in [5, 5.41) is 10.3. The highest BCUT2D eigenvalue weighted by atomic mass is 32.1. The molecule has 3 aromatic rings. The molecule has 1 aliphatic heterocycles. The zero-order valence-corrected chi connectivity index (χ0v) is 19.2. The minimum atomic E-state index is -0.0504. The molecule has 1 aliphatic carbocycles. The molecule has 5 nitrogen and oxygen atoms in total. The Kier molecular flexibility index (Phi) is 5.32. The molecule has 0 spiro atoms. The van der Waals surface area contributed by atoms with Gasteiger partial charge < -0.3 is 9.64 Å². The summed E-state index contributed by atoms with van der Waals surface area (Å²) in [6.45, 7) is 7.43. The molecule has 0 unspecified atom stereocenters. The van der Waals surface area contributed by atoms with E-state index in [1.807, 2.05) is 36.5 Å². The van der Waals surface area contributed by atoms with Crippen molar-refractivity contribution >= 4 is 22.1 Å². The number of carbonyl (C=O) groups excluding carboxylic acids is 1. The Labute approximate surface area is 192 Å². The number of nitriles is 1. The molecule has 1 fully saturated rings. The van der Waals surface area contributed by atoms with Crippen LogP contribution in [0.25, 0.3) is 22.4 Å². The third-order valence-electron chi connectivity index (χ3n) is 6.19. The zero-order chi connectivity index (χ0) is 22.3. The summed E-state index contributed by atoms with van der Waals surface area (Å²) in [4.78, 5) is 20.9. The van der Waals surface area contributed by atoms with E-state index in [-0.39, 0.29) is 11.2 Å². The number of hydrogen-bond donors (Lipinski definition) is 0. The van der Waals surface area contributed by atoms with Gasteiger partial charge >= 0.3 is 0 Å². The van der Waals surface area contributed by atoms with Gasteiger partial charge in [0.15, 0.2) is 5.78 Å². The van der Waals surface area contributed by atoms with Crippen LogP contribution in [0.15, 0.2) is 42.6 Å². The molecule has 6 heteroatoms. The number of nitrogens with zero attached hydrogens (tertiary/aromatic N) is 3. The number of ether oxygens (including phenoxy) is 1. The van der Waals surface area contributed by atoms with Gasteiger partial charge in [-0.2, -0.15) is 5.26 Å². The van der Waals surface area contributed by atoms with E-state index >= 15 is 0 Å².